The van der Waals surface area contributed by atoms with Gasteiger partial charge in [0.15, 0.2) is 0 Å². The molecule has 4 heteroatoms. The zero-order valence-corrected chi connectivity index (χ0v) is 7.96. The summed E-state index contributed by atoms with van der Waals surface area (Å²) >= 11 is 2.07. The first-order valence-corrected chi connectivity index (χ1v) is 4.99. The second-order valence-electron chi connectivity index (χ2n) is 1.78. The van der Waals surface area contributed by atoms with Crippen LogP contribution in [-0.4, -0.2) is 17.2 Å². The summed E-state index contributed by atoms with van der Waals surface area (Å²) in [5.74, 6) is 0. The van der Waals surface area contributed by atoms with Crippen molar-refractivity contribution < 1.29 is 8.42 Å². The van der Waals surface area contributed by atoms with Crippen LogP contribution in [0.25, 0.3) is 0 Å². The van der Waals surface area contributed by atoms with Crippen LogP contribution >= 0.6 is 22.6 Å². The van der Waals surface area contributed by atoms with Gasteiger partial charge in [0, 0.05) is 0 Å². The van der Waals surface area contributed by atoms with Gasteiger partial charge in [0.05, 0.1) is 8.79 Å². The molecule has 1 aliphatic rings. The molecule has 0 aromatic heterocycles. The lowest BCUT2D eigenvalue weighted by atomic mass is 10.2. The van der Waals surface area contributed by atoms with E-state index >= 15 is 0 Å². The highest BCUT2D eigenvalue weighted by atomic mass is 127. The first-order chi connectivity index (χ1) is 4.72. The highest BCUT2D eigenvalue weighted by molar-refractivity contribution is 14.1. The van der Waals surface area contributed by atoms with E-state index in [1.54, 1.807) is 12.2 Å². The second kappa shape index (κ2) is 3.34. The Morgan fingerprint density at radius 3 is 2.50 bits per heavy atom. The largest absolute Gasteiger partial charge is 0.218 e. The summed E-state index contributed by atoms with van der Waals surface area (Å²) in [7, 11) is -2.06. The average Bonchev–Trinajstić information content (AvgIpc) is 1.88. The van der Waals surface area contributed by atoms with Crippen LogP contribution in [0, 0.1) is 0 Å². The second-order valence-corrected chi connectivity index (χ2v) is 4.07. The van der Waals surface area contributed by atoms with E-state index in [0.29, 0.717) is 4.86 Å². The fraction of sp³-hybridized carbons (Fsp3) is 0.167. The highest BCUT2D eigenvalue weighted by Crippen LogP contribution is 2.09. The minimum Gasteiger partial charge on any atom is -0.184 e. The predicted molar refractivity (Wildman–Crippen MR) is 50.0 cm³/mol. The summed E-state index contributed by atoms with van der Waals surface area (Å²) in [5, 5.41) is 0. The van der Waals surface area contributed by atoms with E-state index in [4.69, 9.17) is 0 Å². The van der Waals surface area contributed by atoms with Gasteiger partial charge in [-0.25, -0.2) is 0 Å². The smallest absolute Gasteiger partial charge is 0.184 e. The van der Waals surface area contributed by atoms with E-state index in [-0.39, 0.29) is 3.92 Å². The third-order valence-electron chi connectivity index (χ3n) is 1.12. The van der Waals surface area contributed by atoms with Gasteiger partial charge >= 0.3 is 0 Å². The third kappa shape index (κ3) is 1.69. The van der Waals surface area contributed by atoms with Gasteiger partial charge in [0.2, 0.25) is 10.3 Å². The maximum atomic E-state index is 10.4. The van der Waals surface area contributed by atoms with Gasteiger partial charge in [0.25, 0.3) is 0 Å². The Bertz CT molecular complexity index is 303. The minimum atomic E-state index is -2.06. The van der Waals surface area contributed by atoms with Crippen LogP contribution in [0.2, 0.25) is 0 Å². The predicted octanol–water partition coefficient (Wildman–Crippen LogP) is 0.968. The van der Waals surface area contributed by atoms with Gasteiger partial charge in [-0.1, -0.05) is 40.8 Å². The number of hydrogen-bond donors (Lipinski definition) is 0. The molecule has 0 bridgehead atoms. The monoisotopic (exact) mass is 268 g/mol. The summed E-state index contributed by atoms with van der Waals surface area (Å²) in [4.78, 5) is 0.447. The molecule has 0 radical (unpaired) electrons. The van der Waals surface area contributed by atoms with Gasteiger partial charge in [-0.2, -0.15) is 8.42 Å². The fourth-order valence-electron chi connectivity index (χ4n) is 0.646. The van der Waals surface area contributed by atoms with E-state index in [9.17, 15) is 8.42 Å². The van der Waals surface area contributed by atoms with E-state index in [1.165, 1.54) is 0 Å². The van der Waals surface area contributed by atoms with Crippen LogP contribution < -0.4 is 0 Å². The first-order valence-electron chi connectivity index (χ1n) is 2.67. The summed E-state index contributed by atoms with van der Waals surface area (Å²) in [6.45, 7) is 0. The molecule has 0 spiro atoms. The van der Waals surface area contributed by atoms with E-state index in [0.717, 1.165) is 0 Å². The van der Waals surface area contributed by atoms with Gasteiger partial charge in [-0.05, 0) is 6.08 Å². The molecule has 1 rings (SSSR count). The SMILES string of the molecule is O=S(=O)=C1C=CC=CC1I. The molecule has 1 atom stereocenters. The van der Waals surface area contributed by atoms with Crippen molar-refractivity contribution in [2.75, 3.05) is 0 Å². The molecule has 54 valence electrons. The molecule has 1 unspecified atom stereocenters. The summed E-state index contributed by atoms with van der Waals surface area (Å²) < 4.78 is 20.9. The molecule has 2 nitrogen and oxygen atoms in total. The quantitative estimate of drug-likeness (QED) is 0.372. The van der Waals surface area contributed by atoms with Crippen molar-refractivity contribution in [3.63, 3.8) is 0 Å². The van der Waals surface area contributed by atoms with Crippen molar-refractivity contribution in [2.24, 2.45) is 0 Å². The van der Waals surface area contributed by atoms with Crippen molar-refractivity contribution in [3.05, 3.63) is 24.3 Å². The van der Waals surface area contributed by atoms with Crippen LogP contribution in [0.1, 0.15) is 0 Å². The van der Waals surface area contributed by atoms with E-state index in [2.05, 4.69) is 22.6 Å². The summed E-state index contributed by atoms with van der Waals surface area (Å²) in [6, 6.07) is 0. The van der Waals surface area contributed by atoms with E-state index in [1.807, 2.05) is 12.2 Å². The molecule has 10 heavy (non-hydrogen) atoms. The molecule has 0 aromatic rings. The fourth-order valence-corrected chi connectivity index (χ4v) is 2.17. The molecule has 1 aliphatic carbocycles. The van der Waals surface area contributed by atoms with Gasteiger partial charge in [-0.3, -0.25) is 0 Å². The van der Waals surface area contributed by atoms with Crippen LogP contribution in [0.3, 0.4) is 0 Å². The van der Waals surface area contributed by atoms with E-state index < -0.39 is 10.3 Å². The Balaban J connectivity index is 3.15. The molecule has 0 aliphatic heterocycles. The minimum absolute atomic E-state index is 0.000864. The van der Waals surface area contributed by atoms with Crippen molar-refractivity contribution in [3.8, 4) is 0 Å². The Morgan fingerprint density at radius 2 is 2.10 bits per heavy atom. The molecule has 0 amide bonds. The molecule has 0 saturated carbocycles. The molecule has 0 fully saturated rings. The van der Waals surface area contributed by atoms with Crippen molar-refractivity contribution in [2.45, 2.75) is 3.92 Å². The topological polar surface area (TPSA) is 34.1 Å². The van der Waals surface area contributed by atoms with Crippen molar-refractivity contribution >= 4 is 37.7 Å². The summed E-state index contributed by atoms with van der Waals surface area (Å²) in [6.07, 6.45) is 7.01. The zero-order chi connectivity index (χ0) is 7.56. The van der Waals surface area contributed by atoms with Crippen LogP contribution in [0.15, 0.2) is 24.3 Å². The van der Waals surface area contributed by atoms with Crippen LogP contribution in [-0.2, 0) is 10.3 Å². The molecule has 0 N–H and O–H groups in total. The standard InChI is InChI=1S/C6H5IO2S/c7-5-3-1-2-4-6(5)10(8)9/h1-5H. The van der Waals surface area contributed by atoms with Gasteiger partial charge in [0.1, 0.15) is 0 Å². The molecular weight excluding hydrogens is 263 g/mol. The number of rotatable bonds is 0. The molecular formula is C6H5IO2S. The number of alkyl halides is 1. The Labute approximate surface area is 74.3 Å². The molecule has 0 saturated heterocycles. The highest BCUT2D eigenvalue weighted by Gasteiger charge is 2.08. The number of halogens is 1. The lowest BCUT2D eigenvalue weighted by molar-refractivity contribution is 0.627. The average molecular weight is 268 g/mol. The maximum absolute atomic E-state index is 10.4. The first kappa shape index (κ1) is 8.00. The lowest BCUT2D eigenvalue weighted by Crippen LogP contribution is -2.11. The molecule has 0 heterocycles. The van der Waals surface area contributed by atoms with Crippen LogP contribution in [0.4, 0.5) is 0 Å². The normalized spacial score (nSPS) is 23.3. The number of allylic oxidation sites excluding steroid dienone is 4. The Hall–Kier alpha value is -0.100. The third-order valence-corrected chi connectivity index (χ3v) is 3.40. The van der Waals surface area contributed by atoms with Gasteiger partial charge < -0.3 is 0 Å². The zero-order valence-electron chi connectivity index (χ0n) is 4.99. The lowest BCUT2D eigenvalue weighted by Gasteiger charge is -2.02. The Morgan fingerprint density at radius 1 is 1.40 bits per heavy atom. The van der Waals surface area contributed by atoms with Crippen molar-refractivity contribution in [1.29, 1.82) is 0 Å². The van der Waals surface area contributed by atoms with Gasteiger partial charge in [-0.15, -0.1) is 0 Å². The molecule has 0 aromatic carbocycles. The Kier molecular flexibility index (Phi) is 2.67. The van der Waals surface area contributed by atoms with Crippen molar-refractivity contribution in [1.82, 2.24) is 0 Å². The maximum Gasteiger partial charge on any atom is 0.218 e. The summed E-state index contributed by atoms with van der Waals surface area (Å²) in [5.41, 5.74) is 0. The van der Waals surface area contributed by atoms with Crippen LogP contribution in [0.5, 0.6) is 0 Å². The number of hydrogen-bond acceptors (Lipinski definition) is 2.